The van der Waals surface area contributed by atoms with Crippen LogP contribution in [0.15, 0.2) is 48.5 Å². The highest BCUT2D eigenvalue weighted by atomic mass is 19.1. The lowest BCUT2D eigenvalue weighted by Crippen LogP contribution is -2.14. The maximum absolute atomic E-state index is 12.8. The summed E-state index contributed by atoms with van der Waals surface area (Å²) in [5.74, 6) is -0.0523. The molecule has 0 aliphatic carbocycles. The van der Waals surface area contributed by atoms with Crippen LogP contribution in [0.2, 0.25) is 0 Å². The SMILES string of the molecule is O=C(Cc1ccc(F)cc1)Nc1cccc(-c2nn[nH]n2)c1. The fourth-order valence-corrected chi connectivity index (χ4v) is 2.01. The Hall–Kier alpha value is -3.09. The van der Waals surface area contributed by atoms with Gasteiger partial charge in [0, 0.05) is 11.3 Å². The first-order chi connectivity index (χ1) is 10.7. The highest BCUT2D eigenvalue weighted by molar-refractivity contribution is 5.92. The van der Waals surface area contributed by atoms with Crippen LogP contribution in [0.1, 0.15) is 5.56 Å². The molecule has 22 heavy (non-hydrogen) atoms. The zero-order valence-corrected chi connectivity index (χ0v) is 11.5. The van der Waals surface area contributed by atoms with Gasteiger partial charge >= 0.3 is 0 Å². The zero-order valence-electron chi connectivity index (χ0n) is 11.5. The summed E-state index contributed by atoms with van der Waals surface area (Å²) in [5, 5.41) is 16.4. The number of nitrogens with one attached hydrogen (secondary N) is 2. The number of nitrogens with zero attached hydrogens (tertiary/aromatic N) is 3. The molecule has 0 bridgehead atoms. The molecule has 0 atom stereocenters. The topological polar surface area (TPSA) is 83.6 Å². The Morgan fingerprint density at radius 2 is 2.00 bits per heavy atom. The van der Waals surface area contributed by atoms with E-state index in [0.29, 0.717) is 11.5 Å². The zero-order chi connectivity index (χ0) is 15.4. The molecule has 0 saturated heterocycles. The molecule has 2 N–H and O–H groups in total. The molecule has 6 nitrogen and oxygen atoms in total. The van der Waals surface area contributed by atoms with Crippen molar-refractivity contribution < 1.29 is 9.18 Å². The number of carbonyl (C=O) groups excluding carboxylic acids is 1. The van der Waals surface area contributed by atoms with E-state index in [-0.39, 0.29) is 18.1 Å². The predicted molar refractivity (Wildman–Crippen MR) is 78.3 cm³/mol. The summed E-state index contributed by atoms with van der Waals surface area (Å²) >= 11 is 0. The number of anilines is 1. The van der Waals surface area contributed by atoms with Crippen LogP contribution in [0.5, 0.6) is 0 Å². The minimum atomic E-state index is -0.322. The van der Waals surface area contributed by atoms with Crippen molar-refractivity contribution in [3.05, 3.63) is 59.9 Å². The summed E-state index contributed by atoms with van der Waals surface area (Å²) in [5.41, 5.74) is 2.12. The first-order valence-electron chi connectivity index (χ1n) is 6.59. The first kappa shape index (κ1) is 13.9. The van der Waals surface area contributed by atoms with Crippen LogP contribution in [0.3, 0.4) is 0 Å². The molecule has 1 aromatic heterocycles. The van der Waals surface area contributed by atoms with Gasteiger partial charge in [-0.25, -0.2) is 4.39 Å². The summed E-state index contributed by atoms with van der Waals surface area (Å²) in [7, 11) is 0. The van der Waals surface area contributed by atoms with E-state index in [4.69, 9.17) is 0 Å². The van der Waals surface area contributed by atoms with Crippen molar-refractivity contribution in [1.29, 1.82) is 0 Å². The molecule has 2 aromatic carbocycles. The Morgan fingerprint density at radius 1 is 1.18 bits per heavy atom. The molecule has 7 heteroatoms. The van der Waals surface area contributed by atoms with Gasteiger partial charge in [0.25, 0.3) is 0 Å². The van der Waals surface area contributed by atoms with Gasteiger partial charge in [0.1, 0.15) is 5.82 Å². The fraction of sp³-hybridized carbons (Fsp3) is 0.0667. The monoisotopic (exact) mass is 297 g/mol. The number of halogens is 1. The second-order valence-corrected chi connectivity index (χ2v) is 4.67. The van der Waals surface area contributed by atoms with Crippen molar-refractivity contribution in [3.63, 3.8) is 0 Å². The Morgan fingerprint density at radius 3 is 2.73 bits per heavy atom. The van der Waals surface area contributed by atoms with E-state index in [1.807, 2.05) is 6.07 Å². The summed E-state index contributed by atoms with van der Waals surface area (Å²) in [6, 6.07) is 13.0. The molecule has 0 aliphatic rings. The maximum Gasteiger partial charge on any atom is 0.228 e. The molecule has 3 rings (SSSR count). The van der Waals surface area contributed by atoms with Crippen LogP contribution >= 0.6 is 0 Å². The summed E-state index contributed by atoms with van der Waals surface area (Å²) in [6.45, 7) is 0. The third-order valence-corrected chi connectivity index (χ3v) is 3.03. The van der Waals surface area contributed by atoms with Gasteiger partial charge in [-0.05, 0) is 35.0 Å². The van der Waals surface area contributed by atoms with Crippen molar-refractivity contribution in [3.8, 4) is 11.4 Å². The maximum atomic E-state index is 12.8. The van der Waals surface area contributed by atoms with Gasteiger partial charge in [-0.1, -0.05) is 24.3 Å². The fourth-order valence-electron chi connectivity index (χ4n) is 2.01. The van der Waals surface area contributed by atoms with Gasteiger partial charge in [-0.3, -0.25) is 4.79 Å². The van der Waals surface area contributed by atoms with Gasteiger partial charge in [-0.2, -0.15) is 5.21 Å². The summed E-state index contributed by atoms with van der Waals surface area (Å²) in [6.07, 6.45) is 0.173. The molecule has 3 aromatic rings. The highest BCUT2D eigenvalue weighted by Crippen LogP contribution is 2.18. The van der Waals surface area contributed by atoms with Crippen LogP contribution in [0, 0.1) is 5.82 Å². The smallest absolute Gasteiger partial charge is 0.228 e. The molecule has 0 radical (unpaired) electrons. The van der Waals surface area contributed by atoms with E-state index in [2.05, 4.69) is 25.9 Å². The third kappa shape index (κ3) is 3.32. The Labute approximate surface area is 125 Å². The summed E-state index contributed by atoms with van der Waals surface area (Å²) < 4.78 is 12.8. The average Bonchev–Trinajstić information content (AvgIpc) is 3.04. The second-order valence-electron chi connectivity index (χ2n) is 4.67. The van der Waals surface area contributed by atoms with Crippen molar-refractivity contribution in [2.45, 2.75) is 6.42 Å². The number of carbonyl (C=O) groups is 1. The lowest BCUT2D eigenvalue weighted by molar-refractivity contribution is -0.115. The molecule has 110 valence electrons. The predicted octanol–water partition coefficient (Wildman–Crippen LogP) is 2.19. The molecular formula is C15H12FN5O. The molecule has 0 unspecified atom stereocenters. The number of amides is 1. The van der Waals surface area contributed by atoms with E-state index in [1.54, 1.807) is 30.3 Å². The molecule has 0 saturated carbocycles. The average molecular weight is 297 g/mol. The van der Waals surface area contributed by atoms with E-state index < -0.39 is 0 Å². The van der Waals surface area contributed by atoms with E-state index in [9.17, 15) is 9.18 Å². The van der Waals surface area contributed by atoms with Gasteiger partial charge in [0.2, 0.25) is 11.7 Å². The van der Waals surface area contributed by atoms with Crippen molar-refractivity contribution in [2.75, 3.05) is 5.32 Å². The lowest BCUT2D eigenvalue weighted by Gasteiger charge is -2.06. The Kier molecular flexibility index (Phi) is 3.86. The van der Waals surface area contributed by atoms with Crippen LogP contribution in [-0.4, -0.2) is 26.5 Å². The van der Waals surface area contributed by atoms with Crippen LogP contribution in [0.25, 0.3) is 11.4 Å². The number of hydrogen-bond donors (Lipinski definition) is 2. The van der Waals surface area contributed by atoms with Crippen molar-refractivity contribution in [1.82, 2.24) is 20.6 Å². The largest absolute Gasteiger partial charge is 0.326 e. The Balaban J connectivity index is 1.69. The second kappa shape index (κ2) is 6.13. The first-order valence-corrected chi connectivity index (χ1v) is 6.59. The van der Waals surface area contributed by atoms with E-state index in [0.717, 1.165) is 11.1 Å². The van der Waals surface area contributed by atoms with E-state index >= 15 is 0 Å². The highest BCUT2D eigenvalue weighted by Gasteiger charge is 2.07. The van der Waals surface area contributed by atoms with Gasteiger partial charge in [0.15, 0.2) is 0 Å². The number of hydrogen-bond acceptors (Lipinski definition) is 4. The number of aromatic nitrogens is 4. The number of benzene rings is 2. The summed E-state index contributed by atoms with van der Waals surface area (Å²) in [4.78, 5) is 12.0. The van der Waals surface area contributed by atoms with Gasteiger partial charge in [0.05, 0.1) is 6.42 Å². The molecule has 0 spiro atoms. The van der Waals surface area contributed by atoms with Crippen LogP contribution in [0.4, 0.5) is 10.1 Å². The number of tetrazole rings is 1. The quantitative estimate of drug-likeness (QED) is 0.773. The van der Waals surface area contributed by atoms with Gasteiger partial charge in [-0.15, -0.1) is 10.2 Å². The number of aromatic amines is 1. The molecule has 1 heterocycles. The molecule has 0 aliphatic heterocycles. The van der Waals surface area contributed by atoms with Crippen molar-refractivity contribution >= 4 is 11.6 Å². The van der Waals surface area contributed by atoms with Crippen molar-refractivity contribution in [2.24, 2.45) is 0 Å². The minimum absolute atomic E-state index is 0.173. The van der Waals surface area contributed by atoms with E-state index in [1.165, 1.54) is 12.1 Å². The van der Waals surface area contributed by atoms with Crippen LogP contribution in [-0.2, 0) is 11.2 Å². The van der Waals surface area contributed by atoms with Crippen LogP contribution < -0.4 is 5.32 Å². The molecular weight excluding hydrogens is 285 g/mol. The number of rotatable bonds is 4. The Bertz CT molecular complexity index is 771. The standard InChI is InChI=1S/C15H12FN5O/c16-12-6-4-10(5-7-12)8-14(22)17-13-3-1-2-11(9-13)15-18-20-21-19-15/h1-7,9H,8H2,(H,17,22)(H,18,19,20,21). The lowest BCUT2D eigenvalue weighted by atomic mass is 10.1. The molecule has 0 fully saturated rings. The normalized spacial score (nSPS) is 10.4. The number of H-pyrrole nitrogens is 1. The van der Waals surface area contributed by atoms with Gasteiger partial charge < -0.3 is 5.32 Å². The third-order valence-electron chi connectivity index (χ3n) is 3.03. The minimum Gasteiger partial charge on any atom is -0.326 e. The molecule has 1 amide bonds.